The number of aliphatic hydroxyl groups is 1. The minimum absolute atomic E-state index is 0.0694. The van der Waals surface area contributed by atoms with Gasteiger partial charge in [0.05, 0.1) is 23.7 Å². The molecule has 0 bridgehead atoms. The van der Waals surface area contributed by atoms with Crippen LogP contribution in [0.15, 0.2) is 0 Å². The van der Waals surface area contributed by atoms with E-state index in [1.807, 2.05) is 0 Å². The number of nitrogens with zero attached hydrogens (tertiary/aromatic N) is 1. The molecule has 2 saturated heterocycles. The van der Waals surface area contributed by atoms with E-state index < -0.39 is 15.9 Å². The van der Waals surface area contributed by atoms with Crippen molar-refractivity contribution in [1.29, 1.82) is 0 Å². The molecule has 0 aromatic heterocycles. The van der Waals surface area contributed by atoms with Crippen LogP contribution < -0.4 is 5.32 Å². The molecule has 0 aliphatic carbocycles. The maximum atomic E-state index is 11.6. The molecule has 4 atom stereocenters. The Hall–Kier alpha value is -0.170. The first-order valence-corrected chi connectivity index (χ1v) is 9.11. The van der Waals surface area contributed by atoms with Crippen molar-refractivity contribution in [3.63, 3.8) is 0 Å². The van der Waals surface area contributed by atoms with Crippen LogP contribution in [0.25, 0.3) is 0 Å². The summed E-state index contributed by atoms with van der Waals surface area (Å²) in [6.45, 7) is 7.15. The Morgan fingerprint density at radius 3 is 2.63 bits per heavy atom. The Labute approximate surface area is 116 Å². The van der Waals surface area contributed by atoms with Gasteiger partial charge in [-0.05, 0) is 25.3 Å². The monoisotopic (exact) mass is 290 g/mol. The molecule has 2 aliphatic heterocycles. The molecule has 0 spiro atoms. The first kappa shape index (κ1) is 15.2. The summed E-state index contributed by atoms with van der Waals surface area (Å²) in [6.07, 6.45) is 1.45. The van der Waals surface area contributed by atoms with E-state index in [9.17, 15) is 13.5 Å². The summed E-state index contributed by atoms with van der Waals surface area (Å²) in [4.78, 5) is 2.17. The van der Waals surface area contributed by atoms with E-state index in [1.165, 1.54) is 0 Å². The van der Waals surface area contributed by atoms with Crippen LogP contribution in [0.5, 0.6) is 0 Å². The van der Waals surface area contributed by atoms with E-state index in [0.29, 0.717) is 12.0 Å². The fourth-order valence-corrected chi connectivity index (χ4v) is 5.10. The fraction of sp³-hybridized carbons (Fsp3) is 1.00. The zero-order chi connectivity index (χ0) is 14.0. The molecule has 19 heavy (non-hydrogen) atoms. The van der Waals surface area contributed by atoms with Gasteiger partial charge in [0, 0.05) is 19.1 Å². The molecule has 0 aromatic rings. The summed E-state index contributed by atoms with van der Waals surface area (Å²) in [6, 6.07) is 0.325. The van der Waals surface area contributed by atoms with Crippen LogP contribution in [0.3, 0.4) is 0 Å². The normalized spacial score (nSPS) is 39.5. The summed E-state index contributed by atoms with van der Waals surface area (Å²) in [5, 5.41) is 13.5. The minimum atomic E-state index is -3.05. The molecule has 4 unspecified atom stereocenters. The molecule has 0 aromatic carbocycles. The summed E-state index contributed by atoms with van der Waals surface area (Å²) in [7, 11) is -3.05. The number of likely N-dealkylation sites (tertiary alicyclic amines) is 1. The van der Waals surface area contributed by atoms with Crippen LogP contribution >= 0.6 is 0 Å². The Balaban J connectivity index is 1.91. The van der Waals surface area contributed by atoms with Crippen molar-refractivity contribution < 1.29 is 13.5 Å². The SMILES string of the molecule is CCCNC1CCN(C2CS(=O)(=O)CC2O)CC1C. The number of hydrogen-bond donors (Lipinski definition) is 2. The summed E-state index contributed by atoms with van der Waals surface area (Å²) in [5.41, 5.74) is 0. The average Bonchev–Trinajstić information content (AvgIpc) is 2.61. The van der Waals surface area contributed by atoms with Crippen molar-refractivity contribution in [3.05, 3.63) is 0 Å². The van der Waals surface area contributed by atoms with Crippen molar-refractivity contribution >= 4 is 9.84 Å². The zero-order valence-electron chi connectivity index (χ0n) is 11.9. The van der Waals surface area contributed by atoms with E-state index in [-0.39, 0.29) is 17.5 Å². The lowest BCUT2D eigenvalue weighted by Crippen LogP contribution is -2.54. The van der Waals surface area contributed by atoms with Gasteiger partial charge in [0.25, 0.3) is 0 Å². The van der Waals surface area contributed by atoms with Gasteiger partial charge in [0.1, 0.15) is 0 Å². The van der Waals surface area contributed by atoms with Gasteiger partial charge in [-0.15, -0.1) is 0 Å². The number of rotatable bonds is 4. The highest BCUT2D eigenvalue weighted by Gasteiger charge is 2.41. The van der Waals surface area contributed by atoms with Crippen LogP contribution in [0.4, 0.5) is 0 Å². The Morgan fingerprint density at radius 1 is 1.37 bits per heavy atom. The predicted molar refractivity (Wildman–Crippen MR) is 75.9 cm³/mol. The number of hydrogen-bond acceptors (Lipinski definition) is 5. The molecule has 2 fully saturated rings. The Bertz CT molecular complexity index is 399. The lowest BCUT2D eigenvalue weighted by atomic mass is 9.92. The van der Waals surface area contributed by atoms with Gasteiger partial charge in [-0.25, -0.2) is 8.42 Å². The van der Waals surface area contributed by atoms with Crippen LogP contribution in [-0.4, -0.2) is 67.8 Å². The first-order chi connectivity index (χ1) is 8.93. The van der Waals surface area contributed by atoms with Gasteiger partial charge >= 0.3 is 0 Å². The van der Waals surface area contributed by atoms with Gasteiger partial charge in [-0.3, -0.25) is 4.90 Å². The summed E-state index contributed by atoms with van der Waals surface area (Å²) < 4.78 is 23.2. The number of sulfone groups is 1. The molecule has 5 nitrogen and oxygen atoms in total. The Kier molecular flexibility index (Phi) is 4.87. The zero-order valence-corrected chi connectivity index (χ0v) is 12.7. The van der Waals surface area contributed by atoms with E-state index >= 15 is 0 Å². The molecular weight excluding hydrogens is 264 g/mol. The van der Waals surface area contributed by atoms with E-state index in [1.54, 1.807) is 0 Å². The third-order valence-corrected chi connectivity index (χ3v) is 6.05. The molecule has 112 valence electrons. The number of nitrogens with one attached hydrogen (secondary N) is 1. The average molecular weight is 290 g/mol. The van der Waals surface area contributed by atoms with Crippen LogP contribution in [-0.2, 0) is 9.84 Å². The minimum Gasteiger partial charge on any atom is -0.390 e. The second kappa shape index (κ2) is 6.08. The standard InChI is InChI=1S/C13H26N2O3S/c1-3-5-14-11-4-6-15(7-10(11)2)12-8-19(17,18)9-13(12)16/h10-14,16H,3-9H2,1-2H3. The lowest BCUT2D eigenvalue weighted by Gasteiger charge is -2.40. The number of piperidine rings is 1. The molecule has 2 aliphatic rings. The highest BCUT2D eigenvalue weighted by molar-refractivity contribution is 7.91. The fourth-order valence-electron chi connectivity index (χ4n) is 3.27. The topological polar surface area (TPSA) is 69.6 Å². The van der Waals surface area contributed by atoms with Crippen LogP contribution in [0.1, 0.15) is 26.7 Å². The van der Waals surface area contributed by atoms with E-state index in [0.717, 1.165) is 32.5 Å². The van der Waals surface area contributed by atoms with Crippen molar-refractivity contribution in [1.82, 2.24) is 10.2 Å². The van der Waals surface area contributed by atoms with Crippen molar-refractivity contribution in [2.75, 3.05) is 31.1 Å². The van der Waals surface area contributed by atoms with Crippen molar-refractivity contribution in [3.8, 4) is 0 Å². The summed E-state index contributed by atoms with van der Waals surface area (Å²) >= 11 is 0. The molecule has 2 heterocycles. The summed E-state index contributed by atoms with van der Waals surface area (Å²) in [5.74, 6) is 0.546. The van der Waals surface area contributed by atoms with Gasteiger partial charge in [0.15, 0.2) is 9.84 Å². The molecule has 6 heteroatoms. The predicted octanol–water partition coefficient (Wildman–Crippen LogP) is -0.146. The van der Waals surface area contributed by atoms with Crippen molar-refractivity contribution in [2.45, 2.75) is 44.9 Å². The lowest BCUT2D eigenvalue weighted by molar-refractivity contribution is 0.0456. The third kappa shape index (κ3) is 3.68. The third-order valence-electron chi connectivity index (χ3n) is 4.36. The smallest absolute Gasteiger partial charge is 0.154 e. The van der Waals surface area contributed by atoms with E-state index in [4.69, 9.17) is 0 Å². The van der Waals surface area contributed by atoms with E-state index in [2.05, 4.69) is 24.1 Å². The maximum Gasteiger partial charge on any atom is 0.154 e. The maximum absolute atomic E-state index is 11.6. The van der Waals surface area contributed by atoms with Gasteiger partial charge in [-0.1, -0.05) is 13.8 Å². The quantitative estimate of drug-likeness (QED) is 0.754. The first-order valence-electron chi connectivity index (χ1n) is 7.29. The molecule has 2 rings (SSSR count). The Morgan fingerprint density at radius 2 is 2.11 bits per heavy atom. The second-order valence-corrected chi connectivity index (χ2v) is 8.19. The van der Waals surface area contributed by atoms with Gasteiger partial charge in [-0.2, -0.15) is 0 Å². The van der Waals surface area contributed by atoms with Crippen molar-refractivity contribution in [2.24, 2.45) is 5.92 Å². The van der Waals surface area contributed by atoms with Gasteiger partial charge in [0.2, 0.25) is 0 Å². The highest BCUT2D eigenvalue weighted by atomic mass is 32.2. The van der Waals surface area contributed by atoms with Crippen LogP contribution in [0.2, 0.25) is 0 Å². The molecule has 0 radical (unpaired) electrons. The highest BCUT2D eigenvalue weighted by Crippen LogP contribution is 2.24. The molecule has 2 N–H and O–H groups in total. The second-order valence-electron chi connectivity index (χ2n) is 6.03. The molecule has 0 saturated carbocycles. The number of aliphatic hydroxyl groups excluding tert-OH is 1. The molecule has 0 amide bonds. The largest absolute Gasteiger partial charge is 0.390 e. The van der Waals surface area contributed by atoms with Gasteiger partial charge < -0.3 is 10.4 Å². The molecular formula is C13H26N2O3S. The van der Waals surface area contributed by atoms with Crippen LogP contribution in [0, 0.1) is 5.92 Å².